The van der Waals surface area contributed by atoms with E-state index < -0.39 is 40.8 Å². The van der Waals surface area contributed by atoms with Gasteiger partial charge in [-0.15, -0.1) is 0 Å². The molecule has 10 heteroatoms. The van der Waals surface area contributed by atoms with Crippen LogP contribution in [0.5, 0.6) is 0 Å². The maximum Gasteiger partial charge on any atom is 0.497 e. The van der Waals surface area contributed by atoms with Crippen LogP contribution in [0.3, 0.4) is 0 Å². The molecule has 1 aliphatic heterocycles. The zero-order chi connectivity index (χ0) is 24.8. The largest absolute Gasteiger partial charge is 0.497 e. The third-order valence-corrected chi connectivity index (χ3v) is 5.89. The molecule has 0 N–H and O–H groups in total. The number of hydrogen-bond donors (Lipinski definition) is 0. The van der Waals surface area contributed by atoms with Gasteiger partial charge in [0, 0.05) is 31.8 Å². The van der Waals surface area contributed by atoms with Crippen LogP contribution in [0.4, 0.5) is 23.7 Å². The van der Waals surface area contributed by atoms with Crippen molar-refractivity contribution in [3.05, 3.63) is 59.4 Å². The smallest absolute Gasteiger partial charge is 0.266 e. The van der Waals surface area contributed by atoms with Gasteiger partial charge in [-0.1, -0.05) is 19.9 Å². The summed E-state index contributed by atoms with van der Waals surface area (Å²) in [5, 5.41) is 0. The molecule has 3 amide bonds. The Bertz CT molecular complexity index is 1100. The molecule has 3 rings (SSSR count). The number of benzene rings is 1. The van der Waals surface area contributed by atoms with Crippen molar-refractivity contribution >= 4 is 23.6 Å². The minimum absolute atomic E-state index is 0.190. The molecule has 2 heterocycles. The molecule has 0 bridgehead atoms. The van der Waals surface area contributed by atoms with Gasteiger partial charge in [0.05, 0.1) is 5.69 Å². The molecule has 1 aliphatic rings. The number of hydrogen-bond acceptors (Lipinski definition) is 5. The Morgan fingerprint density at radius 1 is 1.15 bits per heavy atom. The summed E-state index contributed by atoms with van der Waals surface area (Å²) < 4.78 is 38.0. The second-order valence-corrected chi connectivity index (χ2v) is 8.81. The lowest BCUT2D eigenvalue weighted by molar-refractivity contribution is -1.06. The van der Waals surface area contributed by atoms with Crippen LogP contribution in [-0.2, 0) is 21.0 Å². The molecule has 176 valence electrons. The molecule has 0 saturated carbocycles. The molecule has 1 fully saturated rings. The lowest BCUT2D eigenvalue weighted by atomic mass is 9.97. The first-order valence-corrected chi connectivity index (χ1v) is 10.3. The maximum atomic E-state index is 13.7. The number of halogens is 3. The summed E-state index contributed by atoms with van der Waals surface area (Å²) in [5.41, 5.74) is 0.525. The van der Waals surface area contributed by atoms with E-state index in [1.54, 1.807) is 18.2 Å². The maximum absolute atomic E-state index is 13.7. The van der Waals surface area contributed by atoms with Crippen molar-refractivity contribution in [1.82, 2.24) is 4.98 Å². The first-order valence-electron chi connectivity index (χ1n) is 10.3. The minimum Gasteiger partial charge on any atom is -0.266 e. The monoisotopic (exact) mass is 464 g/mol. The van der Waals surface area contributed by atoms with E-state index in [4.69, 9.17) is 4.84 Å². The minimum atomic E-state index is -5.36. The third-order valence-electron chi connectivity index (χ3n) is 5.89. The Hall–Kier alpha value is -3.27. The zero-order valence-electron chi connectivity index (χ0n) is 18.9. The summed E-state index contributed by atoms with van der Waals surface area (Å²) in [6, 6.07) is 6.81. The van der Waals surface area contributed by atoms with Crippen molar-refractivity contribution in [3.63, 3.8) is 0 Å². The van der Waals surface area contributed by atoms with Crippen molar-refractivity contribution in [2.45, 2.75) is 58.8 Å². The number of anilines is 1. The van der Waals surface area contributed by atoms with Gasteiger partial charge in [0.25, 0.3) is 0 Å². The highest BCUT2D eigenvalue weighted by molar-refractivity contribution is 6.19. The molecule has 1 atom stereocenters. The van der Waals surface area contributed by atoms with Crippen LogP contribution in [0.25, 0.3) is 0 Å². The van der Waals surface area contributed by atoms with E-state index in [1.165, 1.54) is 38.4 Å². The summed E-state index contributed by atoms with van der Waals surface area (Å²) >= 11 is 0. The number of carbonyl (C=O) groups is 3. The Labute approximate surface area is 189 Å². The number of aromatic nitrogens is 1. The van der Waals surface area contributed by atoms with E-state index in [2.05, 4.69) is 4.98 Å². The number of amides is 3. The second-order valence-electron chi connectivity index (χ2n) is 8.81. The predicted molar refractivity (Wildman–Crippen MR) is 113 cm³/mol. The number of imide groups is 1. The van der Waals surface area contributed by atoms with Crippen LogP contribution in [-0.4, -0.2) is 39.3 Å². The Balaban J connectivity index is 2.16. The number of hydroxylamine groups is 3. The number of nitrogens with zero attached hydrogens (tertiary/aromatic N) is 3. The fourth-order valence-corrected chi connectivity index (χ4v) is 3.98. The van der Waals surface area contributed by atoms with Crippen LogP contribution in [0.1, 0.15) is 50.3 Å². The van der Waals surface area contributed by atoms with Gasteiger partial charge in [-0.25, -0.2) is 9.59 Å². The number of alkyl halides is 3. The number of quaternary nitrogens is 1. The fourth-order valence-electron chi connectivity index (χ4n) is 3.98. The summed E-state index contributed by atoms with van der Waals surface area (Å²) in [6.07, 6.45) is -2.58. The van der Waals surface area contributed by atoms with Crippen molar-refractivity contribution < 1.29 is 37.0 Å². The highest BCUT2D eigenvalue weighted by Gasteiger charge is 2.71. The van der Waals surface area contributed by atoms with Gasteiger partial charge in [0.1, 0.15) is 0 Å². The Morgan fingerprint density at radius 2 is 1.76 bits per heavy atom. The van der Waals surface area contributed by atoms with E-state index in [9.17, 15) is 27.6 Å². The molecule has 1 unspecified atom stereocenters. The van der Waals surface area contributed by atoms with Crippen molar-refractivity contribution in [1.29, 1.82) is 0 Å². The standard InChI is InChI=1S/C23H25F3N3O4/c1-14(2)18-7-6-17(12-15(18)3)28-19(30)22(4,5)29(21(28)32,33-20(31)23(24,25)26)13-16-8-10-27-11-9-16/h6-12,14H,13H2,1-5H3/q+1. The number of rotatable bonds is 5. The van der Waals surface area contributed by atoms with Gasteiger partial charge in [0.2, 0.25) is 5.54 Å². The molecule has 0 spiro atoms. The third kappa shape index (κ3) is 4.10. The molecule has 0 aliphatic carbocycles. The number of pyridine rings is 1. The first kappa shape index (κ1) is 24.4. The van der Waals surface area contributed by atoms with Gasteiger partial charge in [-0.05, 0) is 52.9 Å². The van der Waals surface area contributed by atoms with Crippen LogP contribution in [0, 0.1) is 6.92 Å². The van der Waals surface area contributed by atoms with E-state index in [1.807, 2.05) is 20.8 Å². The molecule has 0 radical (unpaired) electrons. The van der Waals surface area contributed by atoms with Gasteiger partial charge in [-0.2, -0.15) is 18.1 Å². The van der Waals surface area contributed by atoms with Crippen LogP contribution >= 0.6 is 0 Å². The van der Waals surface area contributed by atoms with Gasteiger partial charge < -0.3 is 0 Å². The first-order chi connectivity index (χ1) is 15.2. The van der Waals surface area contributed by atoms with E-state index in [0.717, 1.165) is 16.0 Å². The fraction of sp³-hybridized carbons (Fsp3) is 0.391. The van der Waals surface area contributed by atoms with Gasteiger partial charge in [0.15, 0.2) is 6.54 Å². The van der Waals surface area contributed by atoms with Crippen molar-refractivity contribution in [3.8, 4) is 0 Å². The van der Waals surface area contributed by atoms with E-state index in [0.29, 0.717) is 5.56 Å². The average Bonchev–Trinajstić information content (AvgIpc) is 2.85. The molecule has 1 aromatic carbocycles. The SMILES string of the molecule is Cc1cc(N2C(=O)C(C)(C)[N+](Cc3ccncc3)(OC(=O)C(F)(F)F)C2=O)ccc1C(C)C. The summed E-state index contributed by atoms with van der Waals surface area (Å²) in [7, 11) is 0. The summed E-state index contributed by atoms with van der Waals surface area (Å²) in [6.45, 7) is 7.88. The molecular weight excluding hydrogens is 439 g/mol. The predicted octanol–water partition coefficient (Wildman–Crippen LogP) is 4.80. The van der Waals surface area contributed by atoms with Crippen molar-refractivity contribution in [2.75, 3.05) is 4.90 Å². The molecule has 1 aromatic heterocycles. The molecule has 1 saturated heterocycles. The highest BCUT2D eigenvalue weighted by Crippen LogP contribution is 2.42. The Kier molecular flexibility index (Phi) is 6.10. The molecular formula is C23H25F3N3O4+. The zero-order valence-corrected chi connectivity index (χ0v) is 18.9. The molecule has 2 aromatic rings. The molecule has 7 nitrogen and oxygen atoms in total. The van der Waals surface area contributed by atoms with Gasteiger partial charge in [-0.3, -0.25) is 14.6 Å². The quantitative estimate of drug-likeness (QED) is 0.470. The number of urea groups is 1. The summed E-state index contributed by atoms with van der Waals surface area (Å²) in [4.78, 5) is 48.5. The van der Waals surface area contributed by atoms with Crippen molar-refractivity contribution in [2.24, 2.45) is 0 Å². The normalized spacial score (nSPS) is 20.5. The highest BCUT2D eigenvalue weighted by atomic mass is 19.4. The van der Waals surface area contributed by atoms with Crippen LogP contribution < -0.4 is 4.90 Å². The average molecular weight is 464 g/mol. The number of carbonyl (C=O) groups excluding carboxylic acids is 3. The second kappa shape index (κ2) is 8.26. The van der Waals surface area contributed by atoms with Crippen LogP contribution in [0.15, 0.2) is 42.7 Å². The lowest BCUT2D eigenvalue weighted by Crippen LogP contribution is -2.62. The van der Waals surface area contributed by atoms with Gasteiger partial charge >= 0.3 is 24.1 Å². The lowest BCUT2D eigenvalue weighted by Gasteiger charge is -2.35. The summed E-state index contributed by atoms with van der Waals surface area (Å²) in [5.74, 6) is -3.15. The topological polar surface area (TPSA) is 76.6 Å². The number of aryl methyl sites for hydroxylation is 1. The Morgan fingerprint density at radius 3 is 2.27 bits per heavy atom. The van der Waals surface area contributed by atoms with E-state index >= 15 is 0 Å². The molecule has 33 heavy (non-hydrogen) atoms. The van der Waals surface area contributed by atoms with E-state index in [-0.39, 0.29) is 11.6 Å². The van der Waals surface area contributed by atoms with Crippen LogP contribution in [0.2, 0.25) is 0 Å².